The molecule has 0 saturated heterocycles. The largest absolute Gasteiger partial charge is 0.396 e. The van der Waals surface area contributed by atoms with E-state index in [0.29, 0.717) is 25.8 Å². The van der Waals surface area contributed by atoms with Gasteiger partial charge in [-0.15, -0.1) is 0 Å². The van der Waals surface area contributed by atoms with Crippen LogP contribution in [-0.4, -0.2) is 41.0 Å². The predicted molar refractivity (Wildman–Crippen MR) is 130 cm³/mol. The molecule has 0 aliphatic rings. The first-order chi connectivity index (χ1) is 16.6. The summed E-state index contributed by atoms with van der Waals surface area (Å²) in [6.45, 7) is 0.487. The molecule has 1 atom stereocenters. The van der Waals surface area contributed by atoms with Crippen molar-refractivity contribution in [1.82, 2.24) is 10.2 Å². The smallest absolute Gasteiger partial charge is 0.243 e. The number of aliphatic hydroxyl groups is 1. The molecule has 2 amide bonds. The Kier molecular flexibility index (Phi) is 9.80. The molecule has 0 fully saturated rings. The normalized spacial score (nSPS) is 11.6. The summed E-state index contributed by atoms with van der Waals surface area (Å²) >= 11 is 0. The minimum absolute atomic E-state index is 0.0288. The van der Waals surface area contributed by atoms with E-state index in [1.165, 1.54) is 12.1 Å². The molecule has 0 saturated carbocycles. The van der Waals surface area contributed by atoms with Crippen LogP contribution in [0.2, 0.25) is 0 Å². The lowest BCUT2D eigenvalue weighted by atomic mass is 10.0. The maximum atomic E-state index is 13.5. The van der Waals surface area contributed by atoms with E-state index in [1.807, 2.05) is 60.7 Å². The fourth-order valence-corrected chi connectivity index (χ4v) is 3.79. The van der Waals surface area contributed by atoms with Gasteiger partial charge in [0.05, 0.1) is 0 Å². The number of benzene rings is 3. The number of carbonyl (C=O) groups excluding carboxylic acids is 2. The van der Waals surface area contributed by atoms with Crippen molar-refractivity contribution >= 4 is 11.8 Å². The fourth-order valence-electron chi connectivity index (χ4n) is 3.79. The summed E-state index contributed by atoms with van der Waals surface area (Å²) < 4.78 is 13.5. The monoisotopic (exact) mass is 462 g/mol. The maximum Gasteiger partial charge on any atom is 0.243 e. The minimum atomic E-state index is -0.741. The van der Waals surface area contributed by atoms with Crippen molar-refractivity contribution in [3.05, 3.63) is 107 Å². The molecule has 0 unspecified atom stereocenters. The number of rotatable bonds is 12. The number of hydrogen-bond donors (Lipinski definition) is 2. The highest BCUT2D eigenvalue weighted by atomic mass is 19.1. The zero-order chi connectivity index (χ0) is 24.2. The van der Waals surface area contributed by atoms with E-state index in [1.54, 1.807) is 17.0 Å². The number of aryl methyl sites for hydroxylation is 1. The van der Waals surface area contributed by atoms with Gasteiger partial charge in [0.2, 0.25) is 11.8 Å². The second-order valence-corrected chi connectivity index (χ2v) is 8.21. The first kappa shape index (κ1) is 25.1. The summed E-state index contributed by atoms with van der Waals surface area (Å²) in [6, 6.07) is 24.5. The number of carbonyl (C=O) groups is 2. The number of nitrogens with zero attached hydrogens (tertiary/aromatic N) is 1. The Hall–Kier alpha value is -3.51. The average molecular weight is 463 g/mol. The maximum absolute atomic E-state index is 13.5. The van der Waals surface area contributed by atoms with Gasteiger partial charge in [-0.05, 0) is 41.7 Å². The molecular formula is C28H31FN2O3. The second-order valence-electron chi connectivity index (χ2n) is 8.21. The van der Waals surface area contributed by atoms with Crippen molar-refractivity contribution in [2.45, 2.75) is 38.3 Å². The van der Waals surface area contributed by atoms with E-state index in [2.05, 4.69) is 5.32 Å². The van der Waals surface area contributed by atoms with Gasteiger partial charge in [0, 0.05) is 32.5 Å². The van der Waals surface area contributed by atoms with E-state index in [9.17, 15) is 14.0 Å². The summed E-state index contributed by atoms with van der Waals surface area (Å²) in [7, 11) is 0. The first-order valence-electron chi connectivity index (χ1n) is 11.6. The van der Waals surface area contributed by atoms with Gasteiger partial charge in [-0.2, -0.15) is 0 Å². The Morgan fingerprint density at radius 1 is 0.853 bits per heavy atom. The van der Waals surface area contributed by atoms with Gasteiger partial charge in [0.25, 0.3) is 0 Å². The summed E-state index contributed by atoms with van der Waals surface area (Å²) in [5, 5.41) is 12.0. The molecule has 3 rings (SSSR count). The quantitative estimate of drug-likeness (QED) is 0.401. The number of amides is 2. The van der Waals surface area contributed by atoms with Gasteiger partial charge < -0.3 is 15.3 Å². The van der Waals surface area contributed by atoms with Gasteiger partial charge >= 0.3 is 0 Å². The number of nitrogens with one attached hydrogen (secondary N) is 1. The minimum Gasteiger partial charge on any atom is -0.396 e. The van der Waals surface area contributed by atoms with Crippen LogP contribution in [0.5, 0.6) is 0 Å². The first-order valence-corrected chi connectivity index (χ1v) is 11.6. The highest BCUT2D eigenvalue weighted by molar-refractivity contribution is 5.88. The summed E-state index contributed by atoms with van der Waals surface area (Å²) in [5.41, 5.74) is 2.73. The van der Waals surface area contributed by atoms with E-state index >= 15 is 0 Å². The molecule has 6 heteroatoms. The molecule has 0 aliphatic heterocycles. The van der Waals surface area contributed by atoms with Crippen molar-refractivity contribution in [1.29, 1.82) is 0 Å². The van der Waals surface area contributed by atoms with Gasteiger partial charge in [-0.3, -0.25) is 9.59 Å². The highest BCUT2D eigenvalue weighted by Crippen LogP contribution is 2.17. The van der Waals surface area contributed by atoms with E-state index < -0.39 is 6.04 Å². The second kappa shape index (κ2) is 13.3. The molecule has 0 heterocycles. The molecule has 0 radical (unpaired) electrons. The van der Waals surface area contributed by atoms with Crippen LogP contribution in [0.4, 0.5) is 4.39 Å². The average Bonchev–Trinajstić information content (AvgIpc) is 2.87. The summed E-state index contributed by atoms with van der Waals surface area (Å²) in [4.78, 5) is 28.3. The van der Waals surface area contributed by atoms with Gasteiger partial charge in [0.15, 0.2) is 0 Å². The Bertz CT molecular complexity index is 1030. The van der Waals surface area contributed by atoms with Crippen molar-refractivity contribution in [2.24, 2.45) is 0 Å². The lowest BCUT2D eigenvalue weighted by Crippen LogP contribution is -2.50. The number of aliphatic hydroxyl groups excluding tert-OH is 1. The van der Waals surface area contributed by atoms with Crippen molar-refractivity contribution in [3.8, 4) is 0 Å². The number of hydrogen-bond acceptors (Lipinski definition) is 3. The molecule has 3 aromatic rings. The lowest BCUT2D eigenvalue weighted by molar-refractivity contribution is -0.141. The van der Waals surface area contributed by atoms with Crippen molar-refractivity contribution < 1.29 is 19.1 Å². The summed E-state index contributed by atoms with van der Waals surface area (Å²) in [5.74, 6) is -0.771. The molecule has 0 spiro atoms. The van der Waals surface area contributed by atoms with Crippen LogP contribution in [0.15, 0.2) is 84.9 Å². The molecule has 0 aliphatic carbocycles. The topological polar surface area (TPSA) is 69.6 Å². The Morgan fingerprint density at radius 3 is 2.09 bits per heavy atom. The predicted octanol–water partition coefficient (Wildman–Crippen LogP) is 3.90. The van der Waals surface area contributed by atoms with Crippen molar-refractivity contribution in [2.75, 3.05) is 13.2 Å². The van der Waals surface area contributed by atoms with Gasteiger partial charge in [-0.1, -0.05) is 72.8 Å². The molecule has 3 aromatic carbocycles. The fraction of sp³-hybridized carbons (Fsp3) is 0.286. The van der Waals surface area contributed by atoms with Crippen LogP contribution in [0.25, 0.3) is 0 Å². The van der Waals surface area contributed by atoms with E-state index in [0.717, 1.165) is 16.7 Å². The van der Waals surface area contributed by atoms with E-state index in [-0.39, 0.29) is 37.2 Å². The summed E-state index contributed by atoms with van der Waals surface area (Å²) in [6.07, 6.45) is 1.60. The van der Waals surface area contributed by atoms with Crippen LogP contribution in [0, 0.1) is 5.82 Å². The van der Waals surface area contributed by atoms with E-state index in [4.69, 9.17) is 5.11 Å². The number of halogens is 1. The molecule has 5 nitrogen and oxygen atoms in total. The van der Waals surface area contributed by atoms with Gasteiger partial charge in [0.1, 0.15) is 11.9 Å². The molecule has 0 aromatic heterocycles. The van der Waals surface area contributed by atoms with Crippen LogP contribution in [-0.2, 0) is 29.0 Å². The molecule has 34 heavy (non-hydrogen) atoms. The van der Waals surface area contributed by atoms with Crippen LogP contribution < -0.4 is 5.32 Å². The third-order valence-electron chi connectivity index (χ3n) is 5.64. The Morgan fingerprint density at radius 2 is 1.47 bits per heavy atom. The SMILES string of the molecule is O=C(NCCCO)[C@H](Cc1ccccc1)N(Cc1ccc(F)cc1)C(=O)CCc1ccccc1. The molecular weight excluding hydrogens is 431 g/mol. The van der Waals surface area contributed by atoms with Crippen LogP contribution in [0.1, 0.15) is 29.5 Å². The molecule has 178 valence electrons. The zero-order valence-electron chi connectivity index (χ0n) is 19.2. The van der Waals surface area contributed by atoms with Crippen molar-refractivity contribution in [3.63, 3.8) is 0 Å². The highest BCUT2D eigenvalue weighted by Gasteiger charge is 2.30. The third kappa shape index (κ3) is 7.81. The van der Waals surface area contributed by atoms with Crippen LogP contribution in [0.3, 0.4) is 0 Å². The Labute approximate surface area is 200 Å². The molecule has 0 bridgehead atoms. The third-order valence-corrected chi connectivity index (χ3v) is 5.64. The van der Waals surface area contributed by atoms with Crippen LogP contribution >= 0.6 is 0 Å². The lowest BCUT2D eigenvalue weighted by Gasteiger charge is -2.31. The standard InChI is InChI=1S/C28H31FN2O3/c29-25-15-12-24(13-16-25)21-31(27(33)17-14-22-8-3-1-4-9-22)26(28(34)30-18-7-19-32)20-23-10-5-2-6-11-23/h1-6,8-13,15-16,26,32H,7,14,17-21H2,(H,30,34)/t26-/m0/s1. The Balaban J connectivity index is 1.86. The zero-order valence-corrected chi connectivity index (χ0v) is 19.2. The molecule has 2 N–H and O–H groups in total. The van der Waals surface area contributed by atoms with Gasteiger partial charge in [-0.25, -0.2) is 4.39 Å².